The van der Waals surface area contributed by atoms with Gasteiger partial charge in [-0.1, -0.05) is 31.4 Å². The van der Waals surface area contributed by atoms with Crippen LogP contribution in [0.2, 0.25) is 0 Å². The standard InChI is InChI=1S/C18H18N2O/c1-4-6-16(19-3)11-12-21-18-10-8-15-13-14(5-2)7-9-17(15)20-18/h4-10,13H,1-3,11-12H2/b16-6-. The van der Waals surface area contributed by atoms with Crippen molar-refractivity contribution in [3.05, 3.63) is 66.9 Å². The first-order chi connectivity index (χ1) is 10.3. The third kappa shape index (κ3) is 3.89. The molecule has 0 N–H and O–H groups in total. The van der Waals surface area contributed by atoms with Crippen LogP contribution in [0.15, 0.2) is 66.3 Å². The van der Waals surface area contributed by atoms with E-state index < -0.39 is 0 Å². The van der Waals surface area contributed by atoms with Gasteiger partial charge in [0.2, 0.25) is 5.88 Å². The summed E-state index contributed by atoms with van der Waals surface area (Å²) in [5.41, 5.74) is 2.83. The molecule has 0 aliphatic carbocycles. The summed E-state index contributed by atoms with van der Waals surface area (Å²) < 4.78 is 5.66. The summed E-state index contributed by atoms with van der Waals surface area (Å²) in [6, 6.07) is 9.86. The number of pyridine rings is 1. The maximum absolute atomic E-state index is 5.66. The molecule has 1 aromatic carbocycles. The largest absolute Gasteiger partial charge is 0.477 e. The summed E-state index contributed by atoms with van der Waals surface area (Å²) in [6.07, 6.45) is 6.00. The van der Waals surface area contributed by atoms with Crippen LogP contribution in [0.1, 0.15) is 12.0 Å². The van der Waals surface area contributed by atoms with Gasteiger partial charge >= 0.3 is 0 Å². The molecule has 0 radical (unpaired) electrons. The zero-order valence-electron chi connectivity index (χ0n) is 12.0. The van der Waals surface area contributed by atoms with E-state index in [1.807, 2.05) is 42.5 Å². The lowest BCUT2D eigenvalue weighted by Crippen LogP contribution is -2.00. The summed E-state index contributed by atoms with van der Waals surface area (Å²) >= 11 is 0. The van der Waals surface area contributed by atoms with Crippen LogP contribution in [0, 0.1) is 0 Å². The number of aromatic nitrogens is 1. The van der Waals surface area contributed by atoms with Crippen LogP contribution in [0.3, 0.4) is 0 Å². The molecule has 0 aliphatic rings. The molecule has 0 fully saturated rings. The highest BCUT2D eigenvalue weighted by Crippen LogP contribution is 2.19. The monoisotopic (exact) mass is 278 g/mol. The van der Waals surface area contributed by atoms with Crippen LogP contribution in [0.25, 0.3) is 17.0 Å². The Labute approximate surface area is 125 Å². The van der Waals surface area contributed by atoms with E-state index in [-0.39, 0.29) is 0 Å². The highest BCUT2D eigenvalue weighted by Gasteiger charge is 2.01. The number of ether oxygens (including phenoxy) is 1. The summed E-state index contributed by atoms with van der Waals surface area (Å²) in [5.74, 6) is 0.607. The van der Waals surface area contributed by atoms with Gasteiger partial charge in [0.15, 0.2) is 0 Å². The predicted octanol–water partition coefficient (Wildman–Crippen LogP) is 4.42. The van der Waals surface area contributed by atoms with E-state index in [9.17, 15) is 0 Å². The van der Waals surface area contributed by atoms with E-state index >= 15 is 0 Å². The number of hydrogen-bond acceptors (Lipinski definition) is 3. The highest BCUT2D eigenvalue weighted by molar-refractivity contribution is 5.81. The van der Waals surface area contributed by atoms with E-state index in [0.717, 1.165) is 22.2 Å². The van der Waals surface area contributed by atoms with Crippen molar-refractivity contribution >= 4 is 23.7 Å². The fraction of sp³-hybridized carbons (Fsp3) is 0.111. The van der Waals surface area contributed by atoms with Gasteiger partial charge in [-0.05, 0) is 36.6 Å². The van der Waals surface area contributed by atoms with Crippen molar-refractivity contribution in [3.63, 3.8) is 0 Å². The van der Waals surface area contributed by atoms with Crippen LogP contribution >= 0.6 is 0 Å². The maximum atomic E-state index is 5.66. The van der Waals surface area contributed by atoms with Gasteiger partial charge in [-0.25, -0.2) is 4.98 Å². The van der Waals surface area contributed by atoms with Crippen molar-refractivity contribution in [1.29, 1.82) is 0 Å². The quantitative estimate of drug-likeness (QED) is 0.555. The number of hydrogen-bond donors (Lipinski definition) is 0. The Kier molecular flexibility index (Phi) is 5.04. The maximum Gasteiger partial charge on any atom is 0.213 e. The zero-order valence-corrected chi connectivity index (χ0v) is 12.0. The molecule has 0 saturated heterocycles. The van der Waals surface area contributed by atoms with Crippen LogP contribution < -0.4 is 4.74 Å². The van der Waals surface area contributed by atoms with Crippen LogP contribution in [-0.2, 0) is 0 Å². The molecule has 0 saturated carbocycles. The molecule has 0 spiro atoms. The van der Waals surface area contributed by atoms with E-state index in [1.54, 1.807) is 6.08 Å². The van der Waals surface area contributed by atoms with Crippen molar-refractivity contribution in [1.82, 2.24) is 4.98 Å². The summed E-state index contributed by atoms with van der Waals surface area (Å²) in [6.45, 7) is 11.4. The molecule has 21 heavy (non-hydrogen) atoms. The second-order valence-corrected chi connectivity index (χ2v) is 4.46. The Bertz CT molecular complexity index is 701. The average Bonchev–Trinajstić information content (AvgIpc) is 2.53. The van der Waals surface area contributed by atoms with Crippen LogP contribution in [0.5, 0.6) is 5.88 Å². The summed E-state index contributed by atoms with van der Waals surface area (Å²) in [4.78, 5) is 8.38. The molecule has 2 aromatic rings. The third-order valence-corrected chi connectivity index (χ3v) is 3.04. The molecule has 3 heteroatoms. The molecule has 0 atom stereocenters. The van der Waals surface area contributed by atoms with Crippen molar-refractivity contribution in [2.45, 2.75) is 6.42 Å². The van der Waals surface area contributed by atoms with Crippen LogP contribution in [-0.4, -0.2) is 18.3 Å². The number of allylic oxidation sites excluding steroid dienone is 2. The molecular weight excluding hydrogens is 260 g/mol. The molecule has 1 heterocycles. The lowest BCUT2D eigenvalue weighted by Gasteiger charge is -2.07. The first-order valence-electron chi connectivity index (χ1n) is 6.71. The second kappa shape index (κ2) is 7.20. The lowest BCUT2D eigenvalue weighted by atomic mass is 10.1. The minimum absolute atomic E-state index is 0.502. The molecule has 0 unspecified atom stereocenters. The van der Waals surface area contributed by atoms with Gasteiger partial charge in [0.1, 0.15) is 0 Å². The van der Waals surface area contributed by atoms with Crippen molar-refractivity contribution in [2.24, 2.45) is 4.99 Å². The summed E-state index contributed by atoms with van der Waals surface area (Å²) in [5, 5.41) is 1.07. The van der Waals surface area contributed by atoms with E-state index in [1.165, 1.54) is 0 Å². The molecule has 0 aliphatic heterocycles. The second-order valence-electron chi connectivity index (χ2n) is 4.46. The van der Waals surface area contributed by atoms with Gasteiger partial charge in [-0.15, -0.1) is 0 Å². The molecular formula is C18H18N2O. The first-order valence-corrected chi connectivity index (χ1v) is 6.71. The van der Waals surface area contributed by atoms with Crippen molar-refractivity contribution < 1.29 is 4.74 Å². The topological polar surface area (TPSA) is 34.5 Å². The van der Waals surface area contributed by atoms with Gasteiger partial charge < -0.3 is 4.74 Å². The molecule has 0 amide bonds. The average molecular weight is 278 g/mol. The Morgan fingerprint density at radius 2 is 2.10 bits per heavy atom. The fourth-order valence-corrected chi connectivity index (χ4v) is 1.94. The molecule has 2 rings (SSSR count). The number of rotatable bonds is 7. The first kappa shape index (κ1) is 14.7. The van der Waals surface area contributed by atoms with Gasteiger partial charge in [-0.2, -0.15) is 0 Å². The smallest absolute Gasteiger partial charge is 0.213 e. The van der Waals surface area contributed by atoms with Crippen LogP contribution in [0.4, 0.5) is 0 Å². The van der Waals surface area contributed by atoms with Crippen molar-refractivity contribution in [3.8, 4) is 5.88 Å². The zero-order chi connectivity index (χ0) is 15.1. The van der Waals surface area contributed by atoms with E-state index in [2.05, 4.69) is 29.9 Å². The van der Waals surface area contributed by atoms with Gasteiger partial charge in [-0.3, -0.25) is 4.99 Å². The number of nitrogens with zero attached hydrogens (tertiary/aromatic N) is 2. The molecule has 1 aromatic heterocycles. The SMILES string of the molecule is C=C/C=C(/CCOc1ccc2cc(C=C)ccc2n1)N=C. The molecule has 0 bridgehead atoms. The highest BCUT2D eigenvalue weighted by atomic mass is 16.5. The minimum atomic E-state index is 0.502. The number of aliphatic imine (C=N–C) groups is 1. The van der Waals surface area contributed by atoms with Gasteiger partial charge in [0.05, 0.1) is 12.1 Å². The van der Waals surface area contributed by atoms with Gasteiger partial charge in [0.25, 0.3) is 0 Å². The number of benzene rings is 1. The number of fused-ring (bicyclic) bond motifs is 1. The Morgan fingerprint density at radius 1 is 1.24 bits per heavy atom. The summed E-state index contributed by atoms with van der Waals surface area (Å²) in [7, 11) is 0. The third-order valence-electron chi connectivity index (χ3n) is 3.04. The Hall–Kier alpha value is -2.68. The molecule has 106 valence electrons. The Morgan fingerprint density at radius 3 is 2.81 bits per heavy atom. The Balaban J connectivity index is 2.06. The lowest BCUT2D eigenvalue weighted by molar-refractivity contribution is 0.310. The van der Waals surface area contributed by atoms with Crippen molar-refractivity contribution in [2.75, 3.05) is 6.61 Å². The normalized spacial score (nSPS) is 11.1. The minimum Gasteiger partial charge on any atom is -0.477 e. The van der Waals surface area contributed by atoms with E-state index in [0.29, 0.717) is 18.9 Å². The fourth-order valence-electron chi connectivity index (χ4n) is 1.94. The predicted molar refractivity (Wildman–Crippen MR) is 89.8 cm³/mol. The van der Waals surface area contributed by atoms with Gasteiger partial charge in [0, 0.05) is 23.6 Å². The van der Waals surface area contributed by atoms with E-state index in [4.69, 9.17) is 4.74 Å². The molecule has 3 nitrogen and oxygen atoms in total.